The Balaban J connectivity index is 1.26. The fourth-order valence-electron chi connectivity index (χ4n) is 5.47. The minimum Gasteiger partial charge on any atom is -0.496 e. The summed E-state index contributed by atoms with van der Waals surface area (Å²) in [5, 5.41) is 0. The highest BCUT2D eigenvalue weighted by molar-refractivity contribution is 7.91. The second-order valence-electron chi connectivity index (χ2n) is 9.92. The van der Waals surface area contributed by atoms with Crippen molar-refractivity contribution in [2.45, 2.75) is 38.8 Å². The highest BCUT2D eigenvalue weighted by Gasteiger charge is 2.27. The average molecular weight is 511 g/mol. The summed E-state index contributed by atoms with van der Waals surface area (Å²) < 4.78 is 43.4. The highest BCUT2D eigenvalue weighted by Crippen LogP contribution is 2.30. The molecule has 0 amide bonds. The lowest BCUT2D eigenvalue weighted by Gasteiger charge is -2.33. The van der Waals surface area contributed by atoms with Crippen molar-refractivity contribution in [3.8, 4) is 5.75 Å². The fraction of sp³-hybridized carbons (Fsp3) is 0.429. The van der Waals surface area contributed by atoms with E-state index in [2.05, 4.69) is 9.89 Å². The van der Waals surface area contributed by atoms with E-state index < -0.39 is 9.84 Å². The minimum atomic E-state index is -3.01. The molecule has 0 aromatic heterocycles. The molecule has 6 nitrogen and oxygen atoms in total. The van der Waals surface area contributed by atoms with Crippen molar-refractivity contribution < 1.29 is 22.3 Å². The van der Waals surface area contributed by atoms with Crippen LogP contribution in [0.25, 0.3) is 0 Å². The molecular weight excluding hydrogens is 479 g/mol. The van der Waals surface area contributed by atoms with Gasteiger partial charge in [-0.2, -0.15) is 0 Å². The van der Waals surface area contributed by atoms with Gasteiger partial charge in [-0.25, -0.2) is 12.8 Å². The third kappa shape index (κ3) is 5.30. The minimum absolute atomic E-state index is 0.0479. The number of halogens is 1. The number of hydrogen-bond acceptors (Lipinski definition) is 6. The quantitative estimate of drug-likeness (QED) is 0.517. The van der Waals surface area contributed by atoms with Crippen LogP contribution in [0.1, 0.15) is 52.7 Å². The number of fused-ring (bicyclic) bond motifs is 1. The maximum Gasteiger partial charge on any atom is 0.163 e. The average Bonchev–Trinajstić information content (AvgIpc) is 3.29. The molecule has 2 aromatic rings. The Kier molecular flexibility index (Phi) is 7.08. The molecule has 3 aliphatic rings. The van der Waals surface area contributed by atoms with E-state index in [1.54, 1.807) is 25.3 Å². The third-order valence-electron chi connectivity index (χ3n) is 7.42. The number of hydrogen-bond donors (Lipinski definition) is 0. The molecule has 3 heterocycles. The first-order valence-electron chi connectivity index (χ1n) is 12.5. The van der Waals surface area contributed by atoms with Crippen LogP contribution in [0.3, 0.4) is 0 Å². The van der Waals surface area contributed by atoms with Crippen LogP contribution < -0.4 is 4.74 Å². The number of likely N-dealkylation sites (tertiary alicyclic amines) is 1. The molecule has 0 bridgehead atoms. The number of aliphatic imine (C=N–C) groups is 1. The van der Waals surface area contributed by atoms with Crippen LogP contribution in [-0.4, -0.2) is 56.5 Å². The standard InChI is InChI=1S/C28H31FN2O4S/c1-35-27-6-2-5-25(29)24(27)18-31-11-3-4-19(17-31)14-26(32)21-7-8-22-16-30-28(23(22)15-21)20-9-12-36(33,34)13-10-20/h2,5-9,15,19H,3-4,10-14,16-18H2,1H3/t19-/m0/s1. The van der Waals surface area contributed by atoms with Crippen molar-refractivity contribution in [2.75, 3.05) is 31.7 Å². The Morgan fingerprint density at radius 3 is 2.89 bits per heavy atom. The monoisotopic (exact) mass is 510 g/mol. The van der Waals surface area contributed by atoms with Crippen molar-refractivity contribution in [1.82, 2.24) is 4.90 Å². The summed E-state index contributed by atoms with van der Waals surface area (Å²) >= 11 is 0. The van der Waals surface area contributed by atoms with Gasteiger partial charge in [0.1, 0.15) is 11.6 Å². The Morgan fingerprint density at radius 2 is 2.11 bits per heavy atom. The Morgan fingerprint density at radius 1 is 1.25 bits per heavy atom. The van der Waals surface area contributed by atoms with Crippen molar-refractivity contribution >= 4 is 21.3 Å². The number of methoxy groups -OCH3 is 1. The van der Waals surface area contributed by atoms with Gasteiger partial charge in [0.05, 0.1) is 30.9 Å². The lowest BCUT2D eigenvalue weighted by molar-refractivity contribution is 0.0911. The van der Waals surface area contributed by atoms with Gasteiger partial charge in [0, 0.05) is 36.2 Å². The van der Waals surface area contributed by atoms with Crippen LogP contribution in [0.4, 0.5) is 4.39 Å². The summed E-state index contributed by atoms with van der Waals surface area (Å²) in [7, 11) is -1.46. The van der Waals surface area contributed by atoms with E-state index in [9.17, 15) is 17.6 Å². The molecule has 0 radical (unpaired) electrons. The second kappa shape index (κ2) is 10.3. The van der Waals surface area contributed by atoms with Gasteiger partial charge in [0.15, 0.2) is 15.6 Å². The first kappa shape index (κ1) is 24.8. The van der Waals surface area contributed by atoms with Gasteiger partial charge in [-0.05, 0) is 61.1 Å². The molecule has 1 saturated heterocycles. The van der Waals surface area contributed by atoms with Gasteiger partial charge in [-0.3, -0.25) is 14.7 Å². The zero-order chi connectivity index (χ0) is 25.3. The van der Waals surface area contributed by atoms with Gasteiger partial charge < -0.3 is 4.74 Å². The number of carbonyl (C=O) groups excluding carboxylic acids is 1. The SMILES string of the molecule is COc1cccc(F)c1CN1CCC[C@@H](CC(=O)c2ccc3c(c2)C(C2=CCS(=O)(=O)CC2)=NC3)C1. The summed E-state index contributed by atoms with van der Waals surface area (Å²) in [4.78, 5) is 20.1. The number of rotatable bonds is 7. The molecule has 36 heavy (non-hydrogen) atoms. The van der Waals surface area contributed by atoms with E-state index in [0.717, 1.165) is 48.3 Å². The molecule has 0 unspecified atom stereocenters. The predicted octanol–water partition coefficient (Wildman–Crippen LogP) is 4.37. The molecule has 0 saturated carbocycles. The first-order valence-corrected chi connectivity index (χ1v) is 14.3. The van der Waals surface area contributed by atoms with Gasteiger partial charge in [0.2, 0.25) is 0 Å². The smallest absolute Gasteiger partial charge is 0.163 e. The van der Waals surface area contributed by atoms with E-state index in [1.165, 1.54) is 6.07 Å². The number of ketones is 1. The van der Waals surface area contributed by atoms with Crippen molar-refractivity contribution in [1.29, 1.82) is 0 Å². The molecule has 3 aliphatic heterocycles. The van der Waals surface area contributed by atoms with E-state index in [4.69, 9.17) is 4.74 Å². The van der Waals surface area contributed by atoms with Gasteiger partial charge in [-0.15, -0.1) is 0 Å². The van der Waals surface area contributed by atoms with E-state index in [1.807, 2.05) is 18.2 Å². The number of Topliss-reactive ketones (excluding diaryl/α,β-unsaturated/α-hetero) is 1. The molecule has 0 spiro atoms. The number of nitrogens with zero attached hydrogens (tertiary/aromatic N) is 2. The lowest BCUT2D eigenvalue weighted by Crippen LogP contribution is -2.36. The van der Waals surface area contributed by atoms with Crippen LogP contribution in [-0.2, 0) is 22.9 Å². The summed E-state index contributed by atoms with van der Waals surface area (Å²) in [5.41, 5.74) is 5.03. The Labute approximate surface area is 211 Å². The number of carbonyl (C=O) groups is 1. The highest BCUT2D eigenvalue weighted by atomic mass is 32.2. The largest absolute Gasteiger partial charge is 0.496 e. The molecule has 2 aromatic carbocycles. The number of allylic oxidation sites excluding steroid dienone is 1. The van der Waals surface area contributed by atoms with Crippen molar-refractivity contribution in [2.24, 2.45) is 10.9 Å². The van der Waals surface area contributed by atoms with Gasteiger partial charge >= 0.3 is 0 Å². The fourth-order valence-corrected chi connectivity index (χ4v) is 6.63. The molecule has 1 atom stereocenters. The second-order valence-corrected chi connectivity index (χ2v) is 12.2. The summed E-state index contributed by atoms with van der Waals surface area (Å²) in [6.07, 6.45) is 4.60. The molecule has 0 N–H and O–H groups in total. The van der Waals surface area contributed by atoms with Crippen LogP contribution >= 0.6 is 0 Å². The Bertz CT molecular complexity index is 1350. The Hall–Kier alpha value is -2.84. The van der Waals surface area contributed by atoms with E-state index in [0.29, 0.717) is 42.8 Å². The maximum absolute atomic E-state index is 14.4. The molecular formula is C28H31FN2O4S. The molecule has 8 heteroatoms. The zero-order valence-corrected chi connectivity index (χ0v) is 21.3. The summed E-state index contributed by atoms with van der Waals surface area (Å²) in [6, 6.07) is 10.7. The zero-order valence-electron chi connectivity index (χ0n) is 20.5. The molecule has 5 rings (SSSR count). The van der Waals surface area contributed by atoms with Gasteiger partial charge in [-0.1, -0.05) is 24.3 Å². The van der Waals surface area contributed by atoms with Crippen LogP contribution in [0.15, 0.2) is 53.0 Å². The normalized spacial score (nSPS) is 21.4. The predicted molar refractivity (Wildman–Crippen MR) is 138 cm³/mol. The number of ether oxygens (including phenoxy) is 1. The van der Waals surface area contributed by atoms with Crippen LogP contribution in [0.5, 0.6) is 5.75 Å². The van der Waals surface area contributed by atoms with Gasteiger partial charge in [0.25, 0.3) is 0 Å². The van der Waals surface area contributed by atoms with Crippen LogP contribution in [0, 0.1) is 11.7 Å². The van der Waals surface area contributed by atoms with Crippen LogP contribution in [0.2, 0.25) is 0 Å². The summed E-state index contributed by atoms with van der Waals surface area (Å²) in [6.45, 7) is 2.62. The number of benzene rings is 2. The molecule has 190 valence electrons. The van der Waals surface area contributed by atoms with Crippen molar-refractivity contribution in [3.05, 3.63) is 76.1 Å². The molecule has 1 fully saturated rings. The molecule has 0 aliphatic carbocycles. The number of sulfone groups is 1. The third-order valence-corrected chi connectivity index (χ3v) is 8.92. The van der Waals surface area contributed by atoms with E-state index >= 15 is 0 Å². The topological polar surface area (TPSA) is 76.0 Å². The number of piperidine rings is 1. The van der Waals surface area contributed by atoms with Crippen molar-refractivity contribution in [3.63, 3.8) is 0 Å². The summed E-state index contributed by atoms with van der Waals surface area (Å²) in [5.74, 6) is 0.772. The maximum atomic E-state index is 14.4. The lowest BCUT2D eigenvalue weighted by atomic mass is 9.89. The first-order chi connectivity index (χ1) is 17.3. The van der Waals surface area contributed by atoms with E-state index in [-0.39, 0.29) is 29.0 Å².